The zero-order chi connectivity index (χ0) is 34.1. The van der Waals surface area contributed by atoms with E-state index in [1.165, 1.54) is 0 Å². The Morgan fingerprint density at radius 1 is 0.373 bits per heavy atom. The van der Waals surface area contributed by atoms with E-state index in [1.54, 1.807) is 0 Å². The minimum absolute atomic E-state index is 0.330. The van der Waals surface area contributed by atoms with Gasteiger partial charge in [0.2, 0.25) is 14.7 Å². The Morgan fingerprint density at radius 3 is 0.961 bits per heavy atom. The highest BCUT2D eigenvalue weighted by atomic mass is 31.2. The summed E-state index contributed by atoms with van der Waals surface area (Å²) in [6.07, 6.45) is 4.58. The van der Waals surface area contributed by atoms with Crippen LogP contribution in [0.15, 0.2) is 194 Å². The first kappa shape index (κ1) is 29.9. The Kier molecular flexibility index (Phi) is 5.84. The molecule has 0 spiro atoms. The van der Waals surface area contributed by atoms with E-state index >= 15 is 9.13 Å². The van der Waals surface area contributed by atoms with Crippen molar-refractivity contribution in [1.82, 2.24) is 0 Å². The van der Waals surface area contributed by atoms with Gasteiger partial charge in [0, 0.05) is 11.8 Å². The maximum atomic E-state index is 17.6. The van der Waals surface area contributed by atoms with Crippen molar-refractivity contribution < 1.29 is 13.4 Å². The van der Waals surface area contributed by atoms with E-state index in [0.29, 0.717) is 0 Å². The Bertz CT molecular complexity index is 2340. The third kappa shape index (κ3) is 2.95. The molecule has 0 amide bonds. The molecule has 0 saturated carbocycles. The van der Waals surface area contributed by atoms with Crippen molar-refractivity contribution in [2.45, 2.75) is 20.6 Å². The van der Waals surface area contributed by atoms with Gasteiger partial charge in [-0.25, -0.2) is 0 Å². The maximum Gasteiger partial charge on any atom is 0.236 e. The van der Waals surface area contributed by atoms with Gasteiger partial charge in [0.25, 0.3) is 0 Å². The molecule has 5 fully saturated rings. The molecular weight excluding hydrogens is 662 g/mol. The molecule has 8 bridgehead atoms. The maximum absolute atomic E-state index is 17.6. The lowest BCUT2D eigenvalue weighted by Crippen LogP contribution is -2.75. The molecule has 8 atom stereocenters. The van der Waals surface area contributed by atoms with Crippen molar-refractivity contribution in [2.75, 3.05) is 0 Å². The fourth-order valence-corrected chi connectivity index (χ4v) is 24.3. The molecule has 0 radical (unpaired) electrons. The van der Waals surface area contributed by atoms with Crippen molar-refractivity contribution >= 4 is 25.9 Å². The Hall–Kier alpha value is -4.78. The number of benzene rings is 6. The van der Waals surface area contributed by atoms with Crippen LogP contribution in [0.25, 0.3) is 11.1 Å². The van der Waals surface area contributed by atoms with Crippen LogP contribution in [-0.2, 0) is 34.1 Å². The first-order valence-corrected chi connectivity index (χ1v) is 21.0. The molecule has 5 saturated heterocycles. The average molecular weight is 697 g/mol. The van der Waals surface area contributed by atoms with Crippen LogP contribution < -0.4 is 0 Å². The summed E-state index contributed by atoms with van der Waals surface area (Å²) >= 11 is 0. The summed E-state index contributed by atoms with van der Waals surface area (Å²) in [6, 6.07) is 62.4. The SMILES string of the molecule is O=P12OP3(=O)C4(c5ccccc5)C=C(c5ccccc5)C5C(C(c6ccccc6)=CC1(c1ccccc1)C53c1ccccc1)C42c1ccccc1. The summed E-state index contributed by atoms with van der Waals surface area (Å²) < 4.78 is 42.5. The lowest BCUT2D eigenvalue weighted by atomic mass is 9.48. The molecule has 15 rings (SSSR count). The Morgan fingerprint density at radius 2 is 0.647 bits per heavy atom. The smallest absolute Gasteiger partial charge is 0.236 e. The van der Waals surface area contributed by atoms with Crippen LogP contribution in [0, 0.1) is 11.8 Å². The van der Waals surface area contributed by atoms with Crippen LogP contribution in [0.3, 0.4) is 0 Å². The first-order chi connectivity index (χ1) is 25.0. The fraction of sp³-hybridized carbons (Fsp3) is 0.130. The van der Waals surface area contributed by atoms with Gasteiger partial charge >= 0.3 is 0 Å². The Balaban J connectivity index is 1.46. The fourth-order valence-electron chi connectivity index (χ4n) is 11.7. The van der Waals surface area contributed by atoms with Crippen LogP contribution in [0.2, 0.25) is 0 Å². The van der Waals surface area contributed by atoms with Gasteiger partial charge in [0.1, 0.15) is 20.6 Å². The van der Waals surface area contributed by atoms with E-state index in [9.17, 15) is 0 Å². The highest BCUT2D eigenvalue weighted by Crippen LogP contribution is 3.17. The summed E-state index contributed by atoms with van der Waals surface area (Å²) in [4.78, 5) is 0. The molecular formula is C46H34O3P2. The second kappa shape index (κ2) is 9.96. The van der Waals surface area contributed by atoms with E-state index in [-0.39, 0.29) is 11.8 Å². The number of hydrogen-bond donors (Lipinski definition) is 0. The van der Waals surface area contributed by atoms with Gasteiger partial charge in [0.05, 0.1) is 0 Å². The summed E-state index contributed by atoms with van der Waals surface area (Å²) in [7, 11) is -8.07. The van der Waals surface area contributed by atoms with Gasteiger partial charge in [-0.15, -0.1) is 0 Å². The lowest BCUT2D eigenvalue weighted by molar-refractivity contribution is 0.145. The van der Waals surface area contributed by atoms with Gasteiger partial charge in [0.15, 0.2) is 0 Å². The van der Waals surface area contributed by atoms with Crippen LogP contribution in [0.5, 0.6) is 0 Å². The molecule has 2 aliphatic carbocycles. The van der Waals surface area contributed by atoms with Crippen molar-refractivity contribution in [3.63, 3.8) is 0 Å². The lowest BCUT2D eigenvalue weighted by Gasteiger charge is -2.76. The third-order valence-corrected chi connectivity index (χ3v) is 22.1. The first-order valence-electron chi connectivity index (χ1n) is 17.7. The van der Waals surface area contributed by atoms with Gasteiger partial charge in [-0.1, -0.05) is 194 Å². The molecule has 6 aromatic rings. The average Bonchev–Trinajstić information content (AvgIpc) is 3.53. The molecule has 5 heteroatoms. The largest absolute Gasteiger partial charge is 0.290 e. The van der Waals surface area contributed by atoms with Crippen molar-refractivity contribution in [1.29, 1.82) is 0 Å². The second-order valence-corrected chi connectivity index (χ2v) is 20.3. The van der Waals surface area contributed by atoms with Crippen LogP contribution in [0.4, 0.5) is 0 Å². The zero-order valence-corrected chi connectivity index (χ0v) is 29.5. The van der Waals surface area contributed by atoms with Crippen LogP contribution >= 0.6 is 14.7 Å². The van der Waals surface area contributed by atoms with E-state index in [0.717, 1.165) is 44.5 Å². The summed E-state index contributed by atoms with van der Waals surface area (Å²) in [5, 5.41) is -4.84. The minimum Gasteiger partial charge on any atom is -0.290 e. The van der Waals surface area contributed by atoms with Gasteiger partial charge in [-0.2, -0.15) is 0 Å². The van der Waals surface area contributed by atoms with E-state index in [2.05, 4.69) is 121 Å². The van der Waals surface area contributed by atoms with Crippen LogP contribution in [-0.4, -0.2) is 0 Å². The predicted octanol–water partition coefficient (Wildman–Crippen LogP) is 11.6. The molecule has 246 valence electrons. The molecule has 7 aliphatic heterocycles. The number of rotatable bonds is 6. The molecule has 7 heterocycles. The van der Waals surface area contributed by atoms with Gasteiger partial charge in [-0.3, -0.25) is 13.4 Å². The second-order valence-electron chi connectivity index (χ2n) is 14.6. The van der Waals surface area contributed by atoms with E-state index in [1.807, 2.05) is 72.8 Å². The van der Waals surface area contributed by atoms with Gasteiger partial charge < -0.3 is 0 Å². The van der Waals surface area contributed by atoms with E-state index < -0.39 is 35.4 Å². The standard InChI is InChI=1S/C46H34O3P2/c47-50-43(35-23-11-3-12-24-35)31-39(33-19-7-1-8-20-33)41-42-40(34-21-9-2-10-22-34)32-44(36-25-13-4-14-26-36,45(41,50)37-27-15-5-16-28-37)51(48,49-50)46(42,43)38-29-17-6-18-30-38/h1-32,41-42H. The highest BCUT2D eigenvalue weighted by Gasteiger charge is 3.04. The van der Waals surface area contributed by atoms with E-state index in [4.69, 9.17) is 4.31 Å². The third-order valence-electron chi connectivity index (χ3n) is 13.0. The molecule has 6 aromatic carbocycles. The normalized spacial score (nSPS) is 36.2. The monoisotopic (exact) mass is 696 g/mol. The molecule has 8 unspecified atom stereocenters. The summed E-state index contributed by atoms with van der Waals surface area (Å²) in [5.74, 6) is -0.659. The quantitative estimate of drug-likeness (QED) is 0.163. The summed E-state index contributed by atoms with van der Waals surface area (Å²) in [6.45, 7) is 0. The highest BCUT2D eigenvalue weighted by molar-refractivity contribution is 7.83. The number of allylic oxidation sites excluding steroid dienone is 4. The minimum atomic E-state index is -4.03. The molecule has 9 aliphatic rings. The predicted molar refractivity (Wildman–Crippen MR) is 205 cm³/mol. The van der Waals surface area contributed by atoms with Crippen molar-refractivity contribution in [3.8, 4) is 0 Å². The molecule has 0 aromatic heterocycles. The van der Waals surface area contributed by atoms with Crippen molar-refractivity contribution in [3.05, 3.63) is 228 Å². The topological polar surface area (TPSA) is 43.4 Å². The molecule has 3 nitrogen and oxygen atoms in total. The Labute approximate surface area is 298 Å². The van der Waals surface area contributed by atoms with Gasteiger partial charge in [-0.05, 0) is 44.5 Å². The zero-order valence-electron chi connectivity index (χ0n) is 27.7. The van der Waals surface area contributed by atoms with Crippen molar-refractivity contribution in [2.24, 2.45) is 11.8 Å². The molecule has 0 N–H and O–H groups in total. The molecule has 51 heavy (non-hydrogen) atoms. The van der Waals surface area contributed by atoms with Crippen LogP contribution in [0.1, 0.15) is 33.4 Å². The summed E-state index contributed by atoms with van der Waals surface area (Å²) in [5.41, 5.74) is 8.11. The number of hydrogen-bond acceptors (Lipinski definition) is 3.